The molecule has 0 unspecified atom stereocenters. The number of rotatable bonds is 8. The predicted octanol–water partition coefficient (Wildman–Crippen LogP) is 4.54. The number of halogens is 2. The fraction of sp³-hybridized carbons (Fsp3) is 0.391. The number of carbonyl (C=O) groups excluding carboxylic acids is 1. The van der Waals surface area contributed by atoms with Crippen LogP contribution in [0.4, 0.5) is 8.78 Å². The largest absolute Gasteiger partial charge is 0.496 e. The number of para-hydroxylation sites is 1. The summed E-state index contributed by atoms with van der Waals surface area (Å²) in [4.78, 5) is 19.9. The van der Waals surface area contributed by atoms with Crippen LogP contribution in [0.1, 0.15) is 37.8 Å². The Hall–Kier alpha value is -2.96. The molecule has 160 valence electrons. The summed E-state index contributed by atoms with van der Waals surface area (Å²) in [5.41, 5.74) is 1.84. The zero-order valence-electron chi connectivity index (χ0n) is 17.4. The third-order valence-electron chi connectivity index (χ3n) is 4.89. The first kappa shape index (κ1) is 21.7. The van der Waals surface area contributed by atoms with Crippen LogP contribution < -0.4 is 4.74 Å². The second-order valence-corrected chi connectivity index (χ2v) is 7.78. The average Bonchev–Trinajstić information content (AvgIpc) is 3.17. The highest BCUT2D eigenvalue weighted by Gasteiger charge is 2.28. The zero-order valence-corrected chi connectivity index (χ0v) is 17.4. The van der Waals surface area contributed by atoms with Crippen molar-refractivity contribution >= 4 is 11.6 Å². The minimum absolute atomic E-state index is 0.0432. The van der Waals surface area contributed by atoms with Gasteiger partial charge in [-0.05, 0) is 24.1 Å². The van der Waals surface area contributed by atoms with E-state index in [2.05, 4.69) is 5.16 Å². The molecule has 1 aliphatic rings. The maximum Gasteiger partial charge on any atom is 0.223 e. The van der Waals surface area contributed by atoms with Crippen molar-refractivity contribution in [2.24, 2.45) is 11.1 Å². The molecule has 2 aromatic carbocycles. The highest BCUT2D eigenvalue weighted by atomic mass is 19.1. The number of carbonyl (C=O) groups is 1. The normalized spacial score (nSPS) is 15.7. The van der Waals surface area contributed by atoms with Crippen molar-refractivity contribution in [1.29, 1.82) is 0 Å². The van der Waals surface area contributed by atoms with Crippen molar-refractivity contribution in [2.45, 2.75) is 39.3 Å². The standard InChI is InChI=1S/C23H26F2N2O3/c1-15(2)10-23(28)27(13-16-8-9-17(24)11-20(16)25)14-18-12-21(26-30-18)19-6-4-5-7-22(19)29-3/h4-9,11,15,18H,10,12-14H2,1-3H3/t18-/m1/s1. The molecule has 1 aliphatic heterocycles. The number of ether oxygens (including phenoxy) is 1. The summed E-state index contributed by atoms with van der Waals surface area (Å²) >= 11 is 0. The molecular weight excluding hydrogens is 390 g/mol. The third kappa shape index (κ3) is 5.34. The van der Waals surface area contributed by atoms with Gasteiger partial charge in [-0.1, -0.05) is 37.2 Å². The van der Waals surface area contributed by atoms with Crippen LogP contribution in [-0.2, 0) is 16.2 Å². The number of amides is 1. The summed E-state index contributed by atoms with van der Waals surface area (Å²) < 4.78 is 32.8. The number of methoxy groups -OCH3 is 1. The van der Waals surface area contributed by atoms with Gasteiger partial charge < -0.3 is 14.5 Å². The van der Waals surface area contributed by atoms with Crippen molar-refractivity contribution in [3.05, 3.63) is 65.2 Å². The Labute approximate surface area is 175 Å². The summed E-state index contributed by atoms with van der Waals surface area (Å²) in [7, 11) is 1.59. The molecule has 2 aromatic rings. The number of hydrogen-bond acceptors (Lipinski definition) is 4. The van der Waals surface area contributed by atoms with Gasteiger partial charge in [0.1, 0.15) is 17.4 Å². The Morgan fingerprint density at radius 2 is 2.03 bits per heavy atom. The van der Waals surface area contributed by atoms with E-state index >= 15 is 0 Å². The molecule has 0 saturated carbocycles. The molecule has 0 saturated heterocycles. The minimum atomic E-state index is -0.671. The van der Waals surface area contributed by atoms with Gasteiger partial charge >= 0.3 is 0 Å². The molecule has 0 N–H and O–H groups in total. The molecule has 0 fully saturated rings. The first-order valence-electron chi connectivity index (χ1n) is 9.95. The fourth-order valence-electron chi connectivity index (χ4n) is 3.40. The third-order valence-corrected chi connectivity index (χ3v) is 4.89. The second kappa shape index (κ2) is 9.69. The molecule has 0 bridgehead atoms. The van der Waals surface area contributed by atoms with E-state index < -0.39 is 11.6 Å². The summed E-state index contributed by atoms with van der Waals surface area (Å²) in [5.74, 6) is -0.575. The Morgan fingerprint density at radius 3 is 2.73 bits per heavy atom. The molecule has 1 atom stereocenters. The van der Waals surface area contributed by atoms with Crippen molar-refractivity contribution in [3.8, 4) is 5.75 Å². The molecule has 5 nitrogen and oxygen atoms in total. The van der Waals surface area contributed by atoms with E-state index in [0.717, 1.165) is 17.3 Å². The van der Waals surface area contributed by atoms with E-state index in [1.807, 2.05) is 38.1 Å². The van der Waals surface area contributed by atoms with Gasteiger partial charge in [-0.25, -0.2) is 8.78 Å². The lowest BCUT2D eigenvalue weighted by molar-refractivity contribution is -0.134. The average molecular weight is 416 g/mol. The van der Waals surface area contributed by atoms with E-state index in [0.29, 0.717) is 18.6 Å². The maximum atomic E-state index is 14.2. The van der Waals surface area contributed by atoms with E-state index in [1.165, 1.54) is 12.1 Å². The molecule has 0 radical (unpaired) electrons. The minimum Gasteiger partial charge on any atom is -0.496 e. The summed E-state index contributed by atoms with van der Waals surface area (Å²) in [6.45, 7) is 4.19. The lowest BCUT2D eigenvalue weighted by atomic mass is 10.0. The Morgan fingerprint density at radius 1 is 1.27 bits per heavy atom. The lowest BCUT2D eigenvalue weighted by Crippen LogP contribution is -2.38. The lowest BCUT2D eigenvalue weighted by Gasteiger charge is -2.26. The van der Waals surface area contributed by atoms with E-state index in [1.54, 1.807) is 12.0 Å². The molecule has 0 spiro atoms. The van der Waals surface area contributed by atoms with Crippen molar-refractivity contribution in [1.82, 2.24) is 4.90 Å². The van der Waals surface area contributed by atoms with Crippen LogP contribution in [0.15, 0.2) is 47.6 Å². The van der Waals surface area contributed by atoms with Crippen molar-refractivity contribution in [3.63, 3.8) is 0 Å². The predicted molar refractivity (Wildman–Crippen MR) is 110 cm³/mol. The molecule has 0 aromatic heterocycles. The summed E-state index contributed by atoms with van der Waals surface area (Å²) in [5, 5.41) is 4.18. The first-order valence-corrected chi connectivity index (χ1v) is 9.95. The molecule has 1 amide bonds. The Balaban J connectivity index is 1.73. The van der Waals surface area contributed by atoms with Gasteiger partial charge in [-0.3, -0.25) is 4.79 Å². The molecule has 3 rings (SSSR count). The summed E-state index contributed by atoms with van der Waals surface area (Å²) in [6, 6.07) is 10.9. The van der Waals surface area contributed by atoms with Gasteiger partial charge in [0.2, 0.25) is 5.91 Å². The van der Waals surface area contributed by atoms with Crippen LogP contribution >= 0.6 is 0 Å². The number of nitrogens with zero attached hydrogens (tertiary/aromatic N) is 2. The van der Waals surface area contributed by atoms with Crippen LogP contribution in [-0.4, -0.2) is 36.3 Å². The highest BCUT2D eigenvalue weighted by molar-refractivity contribution is 6.03. The molecular formula is C23H26F2N2O3. The second-order valence-electron chi connectivity index (χ2n) is 7.78. The number of oxime groups is 1. The molecule has 1 heterocycles. The topological polar surface area (TPSA) is 51.1 Å². The Bertz CT molecular complexity index is 930. The van der Waals surface area contributed by atoms with Crippen LogP contribution in [0.2, 0.25) is 0 Å². The van der Waals surface area contributed by atoms with Gasteiger partial charge in [-0.2, -0.15) is 0 Å². The van der Waals surface area contributed by atoms with Gasteiger partial charge in [0.05, 0.1) is 19.4 Å². The monoisotopic (exact) mass is 416 g/mol. The van der Waals surface area contributed by atoms with Gasteiger partial charge in [-0.15, -0.1) is 0 Å². The van der Waals surface area contributed by atoms with E-state index in [-0.39, 0.29) is 36.6 Å². The van der Waals surface area contributed by atoms with E-state index in [9.17, 15) is 13.6 Å². The van der Waals surface area contributed by atoms with Gasteiger partial charge in [0.25, 0.3) is 0 Å². The van der Waals surface area contributed by atoms with Crippen molar-refractivity contribution in [2.75, 3.05) is 13.7 Å². The van der Waals surface area contributed by atoms with Crippen LogP contribution in [0, 0.1) is 17.6 Å². The van der Waals surface area contributed by atoms with E-state index in [4.69, 9.17) is 9.57 Å². The fourth-order valence-corrected chi connectivity index (χ4v) is 3.40. The van der Waals surface area contributed by atoms with Crippen LogP contribution in [0.3, 0.4) is 0 Å². The number of benzene rings is 2. The SMILES string of the molecule is COc1ccccc1C1=NO[C@@H](CN(Cc2ccc(F)cc2F)C(=O)CC(C)C)C1. The quantitative estimate of drug-likeness (QED) is 0.635. The van der Waals surface area contributed by atoms with Crippen LogP contribution in [0.5, 0.6) is 5.75 Å². The smallest absolute Gasteiger partial charge is 0.223 e. The van der Waals surface area contributed by atoms with Gasteiger partial charge in [0, 0.05) is 36.6 Å². The highest BCUT2D eigenvalue weighted by Crippen LogP contribution is 2.25. The summed E-state index contributed by atoms with van der Waals surface area (Å²) in [6.07, 6.45) is 0.470. The van der Waals surface area contributed by atoms with Crippen LogP contribution in [0.25, 0.3) is 0 Å². The zero-order chi connectivity index (χ0) is 21.7. The van der Waals surface area contributed by atoms with Gasteiger partial charge in [0.15, 0.2) is 6.10 Å². The molecule has 0 aliphatic carbocycles. The first-order chi connectivity index (χ1) is 14.4. The maximum absolute atomic E-state index is 14.2. The number of hydrogen-bond donors (Lipinski definition) is 0. The Kier molecular flexibility index (Phi) is 7.03. The van der Waals surface area contributed by atoms with Crippen molar-refractivity contribution < 1.29 is 23.1 Å². The molecule has 30 heavy (non-hydrogen) atoms. The molecule has 7 heteroatoms.